The van der Waals surface area contributed by atoms with E-state index >= 15 is 4.39 Å². The Morgan fingerprint density at radius 1 is 1.27 bits per heavy atom. The number of benzene rings is 1. The summed E-state index contributed by atoms with van der Waals surface area (Å²) in [7, 11) is 0. The molecule has 4 rings (SSSR count). The van der Waals surface area contributed by atoms with Crippen molar-refractivity contribution in [1.82, 2.24) is 9.88 Å². The molecule has 37 heavy (non-hydrogen) atoms. The summed E-state index contributed by atoms with van der Waals surface area (Å²) >= 11 is 0. The van der Waals surface area contributed by atoms with Crippen molar-refractivity contribution in [3.63, 3.8) is 0 Å². The number of carbonyl (C=O) groups excluding carboxylic acids is 1. The number of pyridine rings is 1. The van der Waals surface area contributed by atoms with Crippen LogP contribution in [0.25, 0.3) is 10.9 Å². The lowest BCUT2D eigenvalue weighted by atomic mass is 9.91. The molecule has 2 unspecified atom stereocenters. The fraction of sp³-hybridized carbons (Fsp3) is 0.577. The smallest absolute Gasteiger partial charge is 0.407 e. The summed E-state index contributed by atoms with van der Waals surface area (Å²) in [5.41, 5.74) is -3.56. The van der Waals surface area contributed by atoms with Gasteiger partial charge in [-0.2, -0.15) is 0 Å². The normalized spacial score (nSPS) is 21.8. The molecule has 0 saturated carbocycles. The summed E-state index contributed by atoms with van der Waals surface area (Å²) < 4.78 is 42.2. The van der Waals surface area contributed by atoms with Crippen LogP contribution in [0.2, 0.25) is 0 Å². The maximum atomic E-state index is 15.5. The number of halogens is 2. The second kappa shape index (κ2) is 9.27. The zero-order valence-electron chi connectivity index (χ0n) is 21.7. The quantitative estimate of drug-likeness (QED) is 0.597. The first-order valence-electron chi connectivity index (χ1n) is 12.2. The molecule has 2 N–H and O–H groups in total. The molecular formula is C26H33F2N3O6. The van der Waals surface area contributed by atoms with E-state index in [0.717, 1.165) is 18.7 Å². The number of carbonyl (C=O) groups is 2. The molecule has 0 aliphatic carbocycles. The number of nitrogens with one attached hydrogen (secondary N) is 1. The monoisotopic (exact) mass is 521 g/mol. The van der Waals surface area contributed by atoms with Gasteiger partial charge in [-0.1, -0.05) is 0 Å². The van der Waals surface area contributed by atoms with E-state index < -0.39 is 52.3 Å². The third-order valence-corrected chi connectivity index (χ3v) is 7.05. The number of rotatable bonds is 6. The van der Waals surface area contributed by atoms with Crippen LogP contribution in [0.4, 0.5) is 19.3 Å². The SMILES string of the molecule is CC(C)(C)OC(=O)NCC12CN(c3cc4c(cc3F)c(=O)c(C(=O)O)cn4C(C)(C)CF)CC1CCO2. The maximum absolute atomic E-state index is 15.5. The molecule has 2 saturated heterocycles. The van der Waals surface area contributed by atoms with Gasteiger partial charge in [0.2, 0.25) is 5.43 Å². The van der Waals surface area contributed by atoms with Crippen LogP contribution in [0.3, 0.4) is 0 Å². The average molecular weight is 522 g/mol. The Bertz CT molecular complexity index is 1300. The minimum absolute atomic E-state index is 0.0106. The first-order chi connectivity index (χ1) is 17.2. The molecule has 202 valence electrons. The van der Waals surface area contributed by atoms with E-state index in [2.05, 4.69) is 5.32 Å². The number of anilines is 1. The minimum atomic E-state index is -1.47. The molecule has 2 aliphatic heterocycles. The predicted octanol–water partition coefficient (Wildman–Crippen LogP) is 3.66. The standard InChI is InChI=1S/C26H33F2N3O6/c1-24(2,3)37-23(35)29-13-26-14-30(10-15(26)6-7-36-26)20-9-19-16(8-18(20)28)21(32)17(22(33)34)11-31(19)25(4,5)12-27/h8-9,11,15H,6-7,10,12-14H2,1-5H3,(H,29,35)(H,33,34). The molecular weight excluding hydrogens is 488 g/mol. The van der Waals surface area contributed by atoms with Gasteiger partial charge in [-0.3, -0.25) is 4.79 Å². The Hall–Kier alpha value is -3.21. The Labute approximate surface area is 213 Å². The summed E-state index contributed by atoms with van der Waals surface area (Å²) in [6, 6.07) is 2.48. The van der Waals surface area contributed by atoms with Crippen LogP contribution < -0.4 is 15.6 Å². The number of carboxylic acid groups (broad SMARTS) is 1. The highest BCUT2D eigenvalue weighted by Gasteiger charge is 2.51. The molecule has 0 spiro atoms. The summed E-state index contributed by atoms with van der Waals surface area (Å²) in [6.45, 7) is 9.01. The number of ether oxygens (including phenoxy) is 2. The van der Waals surface area contributed by atoms with E-state index in [1.54, 1.807) is 39.5 Å². The summed E-state index contributed by atoms with van der Waals surface area (Å²) in [4.78, 5) is 38.5. The van der Waals surface area contributed by atoms with Crippen molar-refractivity contribution in [2.45, 2.75) is 57.8 Å². The molecule has 0 bridgehead atoms. The molecule has 1 aromatic heterocycles. The van der Waals surface area contributed by atoms with E-state index in [1.165, 1.54) is 10.6 Å². The zero-order chi connectivity index (χ0) is 27.3. The topological polar surface area (TPSA) is 110 Å². The van der Waals surface area contributed by atoms with E-state index in [4.69, 9.17) is 9.47 Å². The van der Waals surface area contributed by atoms with Gasteiger partial charge in [0.25, 0.3) is 0 Å². The predicted molar refractivity (Wildman–Crippen MR) is 134 cm³/mol. The lowest BCUT2D eigenvalue weighted by Crippen LogP contribution is -2.49. The van der Waals surface area contributed by atoms with Crippen LogP contribution in [0.15, 0.2) is 23.1 Å². The number of hydrogen-bond donors (Lipinski definition) is 2. The van der Waals surface area contributed by atoms with Crippen LogP contribution in [0, 0.1) is 11.7 Å². The van der Waals surface area contributed by atoms with E-state index in [9.17, 15) is 23.9 Å². The van der Waals surface area contributed by atoms with Gasteiger partial charge in [-0.25, -0.2) is 18.4 Å². The van der Waals surface area contributed by atoms with Gasteiger partial charge in [0.1, 0.15) is 29.3 Å². The van der Waals surface area contributed by atoms with Crippen molar-refractivity contribution in [2.75, 3.05) is 37.8 Å². The van der Waals surface area contributed by atoms with Gasteiger partial charge in [0, 0.05) is 37.2 Å². The number of hydrogen-bond acceptors (Lipinski definition) is 6. The molecule has 2 aromatic rings. The highest BCUT2D eigenvalue weighted by atomic mass is 19.1. The number of aromatic nitrogens is 1. The van der Waals surface area contributed by atoms with Gasteiger partial charge in [-0.05, 0) is 53.2 Å². The molecule has 0 radical (unpaired) electrons. The van der Waals surface area contributed by atoms with Crippen molar-refractivity contribution in [1.29, 1.82) is 0 Å². The zero-order valence-corrected chi connectivity index (χ0v) is 21.7. The third kappa shape index (κ3) is 5.01. The van der Waals surface area contributed by atoms with Crippen LogP contribution in [0.5, 0.6) is 0 Å². The van der Waals surface area contributed by atoms with Crippen LogP contribution in [-0.2, 0) is 15.0 Å². The van der Waals surface area contributed by atoms with Crippen molar-refractivity contribution in [3.05, 3.63) is 39.9 Å². The lowest BCUT2D eigenvalue weighted by molar-refractivity contribution is -0.000269. The van der Waals surface area contributed by atoms with Crippen molar-refractivity contribution < 1.29 is 33.0 Å². The summed E-state index contributed by atoms with van der Waals surface area (Å²) in [5, 5.41) is 12.1. The fourth-order valence-electron chi connectivity index (χ4n) is 5.14. The number of nitrogens with zero attached hydrogens (tertiary/aromatic N) is 2. The van der Waals surface area contributed by atoms with E-state index in [0.29, 0.717) is 13.2 Å². The first-order valence-corrected chi connectivity index (χ1v) is 12.2. The van der Waals surface area contributed by atoms with Gasteiger partial charge in [-0.15, -0.1) is 0 Å². The van der Waals surface area contributed by atoms with Crippen LogP contribution >= 0.6 is 0 Å². The average Bonchev–Trinajstić information content (AvgIpc) is 3.34. The van der Waals surface area contributed by atoms with E-state index in [1.807, 2.05) is 0 Å². The van der Waals surface area contributed by atoms with Crippen LogP contribution in [-0.4, -0.2) is 65.9 Å². The minimum Gasteiger partial charge on any atom is -0.477 e. The molecule has 1 amide bonds. The highest BCUT2D eigenvalue weighted by Crippen LogP contribution is 2.42. The Morgan fingerprint density at radius 2 is 1.97 bits per heavy atom. The van der Waals surface area contributed by atoms with Gasteiger partial charge < -0.3 is 29.4 Å². The maximum Gasteiger partial charge on any atom is 0.407 e. The number of alkyl halides is 1. The van der Waals surface area contributed by atoms with Gasteiger partial charge in [0.05, 0.1) is 23.3 Å². The van der Waals surface area contributed by atoms with Crippen molar-refractivity contribution in [2.24, 2.45) is 5.92 Å². The number of aromatic carboxylic acids is 1. The molecule has 9 nitrogen and oxygen atoms in total. The number of alkyl carbamates (subject to hydrolysis) is 1. The third-order valence-electron chi connectivity index (χ3n) is 7.05. The van der Waals surface area contributed by atoms with Gasteiger partial charge in [0.15, 0.2) is 0 Å². The Morgan fingerprint density at radius 3 is 2.59 bits per heavy atom. The van der Waals surface area contributed by atoms with Crippen LogP contribution in [0.1, 0.15) is 51.4 Å². The Balaban J connectivity index is 1.72. The lowest BCUT2D eigenvalue weighted by Gasteiger charge is -2.30. The number of carboxylic acids is 1. The highest BCUT2D eigenvalue weighted by molar-refractivity contribution is 5.93. The second-order valence-electron chi connectivity index (χ2n) is 11.4. The van der Waals surface area contributed by atoms with E-state index in [-0.39, 0.29) is 35.6 Å². The molecule has 2 aliphatic rings. The molecule has 1 aromatic carbocycles. The Kier molecular flexibility index (Phi) is 6.72. The van der Waals surface area contributed by atoms with Crippen molar-refractivity contribution >= 4 is 28.7 Å². The molecule has 2 atom stereocenters. The van der Waals surface area contributed by atoms with Crippen molar-refractivity contribution in [3.8, 4) is 0 Å². The number of fused-ring (bicyclic) bond motifs is 2. The number of amides is 1. The fourth-order valence-corrected chi connectivity index (χ4v) is 5.14. The molecule has 3 heterocycles. The second-order valence-corrected chi connectivity index (χ2v) is 11.4. The first kappa shape index (κ1) is 26.8. The summed E-state index contributed by atoms with van der Waals surface area (Å²) in [5.74, 6) is -2.16. The van der Waals surface area contributed by atoms with Gasteiger partial charge >= 0.3 is 12.1 Å². The molecule has 11 heteroatoms. The largest absolute Gasteiger partial charge is 0.477 e. The summed E-state index contributed by atoms with van der Waals surface area (Å²) in [6.07, 6.45) is 1.27. The molecule has 2 fully saturated rings.